The summed E-state index contributed by atoms with van der Waals surface area (Å²) in [4.78, 5) is 26.1. The number of fused-ring (bicyclic) bond motifs is 1. The molecular weight excluding hydrogens is 358 g/mol. The van der Waals surface area contributed by atoms with E-state index in [-0.39, 0.29) is 36.9 Å². The summed E-state index contributed by atoms with van der Waals surface area (Å²) >= 11 is 0. The molecule has 3 rings (SSSR count). The van der Waals surface area contributed by atoms with Crippen molar-refractivity contribution in [2.75, 3.05) is 30.5 Å². The Bertz CT molecular complexity index is 724. The fourth-order valence-electron chi connectivity index (χ4n) is 3.41. The number of nitrogens with two attached hydrogens (primary N) is 1. The van der Waals surface area contributed by atoms with Gasteiger partial charge in [-0.1, -0.05) is 13.8 Å². The predicted molar refractivity (Wildman–Crippen MR) is 102 cm³/mol. The molecule has 144 valence electrons. The van der Waals surface area contributed by atoms with E-state index in [4.69, 9.17) is 15.2 Å². The molecule has 1 heterocycles. The zero-order chi connectivity index (χ0) is 18.4. The van der Waals surface area contributed by atoms with Gasteiger partial charge in [-0.15, -0.1) is 12.4 Å². The van der Waals surface area contributed by atoms with Gasteiger partial charge in [0.15, 0.2) is 6.61 Å². The second-order valence-electron chi connectivity index (χ2n) is 7.22. The van der Waals surface area contributed by atoms with Crippen molar-refractivity contribution in [2.24, 2.45) is 11.1 Å². The Morgan fingerprint density at radius 2 is 2.15 bits per heavy atom. The van der Waals surface area contributed by atoms with Crippen LogP contribution in [0.4, 0.5) is 11.4 Å². The fraction of sp³-hybridized carbons (Fsp3) is 0.556. The van der Waals surface area contributed by atoms with Crippen molar-refractivity contribution < 1.29 is 19.1 Å². The van der Waals surface area contributed by atoms with E-state index in [1.165, 1.54) is 4.90 Å². The number of halogens is 1. The van der Waals surface area contributed by atoms with E-state index in [1.807, 2.05) is 20.8 Å². The predicted octanol–water partition coefficient (Wildman–Crippen LogP) is 1.93. The molecule has 3 N–H and O–H groups in total. The number of ether oxygens (including phenoxy) is 2. The Labute approximate surface area is 159 Å². The maximum absolute atomic E-state index is 12.8. The van der Waals surface area contributed by atoms with Crippen molar-refractivity contribution in [3.63, 3.8) is 0 Å². The molecule has 2 unspecified atom stereocenters. The Balaban J connectivity index is 0.00000243. The van der Waals surface area contributed by atoms with E-state index in [9.17, 15) is 9.59 Å². The molecule has 1 aromatic rings. The number of likely N-dealkylation sites (N-methyl/N-ethyl adjacent to an activating group) is 1. The normalized spacial score (nSPS) is 26.1. The van der Waals surface area contributed by atoms with E-state index in [2.05, 4.69) is 5.32 Å². The van der Waals surface area contributed by atoms with Crippen molar-refractivity contribution in [1.29, 1.82) is 0 Å². The first kappa shape index (κ1) is 20.5. The Hall–Kier alpha value is -1.83. The number of hydrogen-bond donors (Lipinski definition) is 2. The number of hydrogen-bond acceptors (Lipinski definition) is 5. The lowest BCUT2D eigenvalue weighted by Crippen LogP contribution is -2.74. The maximum atomic E-state index is 12.8. The first-order chi connectivity index (χ1) is 11.7. The average molecular weight is 384 g/mol. The molecule has 0 bridgehead atoms. The van der Waals surface area contributed by atoms with Gasteiger partial charge in [0.25, 0.3) is 5.91 Å². The van der Waals surface area contributed by atoms with Crippen LogP contribution >= 0.6 is 12.4 Å². The Morgan fingerprint density at radius 1 is 1.46 bits per heavy atom. The molecule has 8 heteroatoms. The van der Waals surface area contributed by atoms with Crippen LogP contribution < -0.4 is 20.7 Å². The first-order valence-electron chi connectivity index (χ1n) is 8.46. The van der Waals surface area contributed by atoms with Crippen LogP contribution in [0.1, 0.15) is 27.2 Å². The van der Waals surface area contributed by atoms with Crippen LogP contribution in [0.15, 0.2) is 18.2 Å². The number of nitrogens with zero attached hydrogens (tertiary/aromatic N) is 1. The molecule has 26 heavy (non-hydrogen) atoms. The molecule has 2 amide bonds. The zero-order valence-corrected chi connectivity index (χ0v) is 16.3. The van der Waals surface area contributed by atoms with Crippen molar-refractivity contribution in [3.8, 4) is 5.75 Å². The number of amides is 2. The molecule has 0 spiro atoms. The third-order valence-electron chi connectivity index (χ3n) is 5.54. The molecule has 0 aromatic heterocycles. The third-order valence-corrected chi connectivity index (χ3v) is 5.54. The van der Waals surface area contributed by atoms with Crippen LogP contribution in [-0.2, 0) is 14.3 Å². The molecule has 2 aliphatic rings. The molecule has 0 radical (unpaired) electrons. The second-order valence-corrected chi connectivity index (χ2v) is 7.22. The van der Waals surface area contributed by atoms with Gasteiger partial charge in [-0.05, 0) is 25.1 Å². The smallest absolute Gasteiger partial charge is 0.264 e. The van der Waals surface area contributed by atoms with Gasteiger partial charge in [0, 0.05) is 31.2 Å². The lowest BCUT2D eigenvalue weighted by atomic mass is 9.54. The number of carbonyl (C=O) groups excluding carboxylic acids is 2. The molecule has 1 saturated carbocycles. The van der Waals surface area contributed by atoms with Gasteiger partial charge < -0.3 is 25.4 Å². The van der Waals surface area contributed by atoms with Crippen LogP contribution in [0.25, 0.3) is 0 Å². The zero-order valence-electron chi connectivity index (χ0n) is 15.5. The van der Waals surface area contributed by atoms with E-state index in [0.29, 0.717) is 30.2 Å². The van der Waals surface area contributed by atoms with Crippen molar-refractivity contribution in [2.45, 2.75) is 38.8 Å². The average Bonchev–Trinajstić information content (AvgIpc) is 2.58. The van der Waals surface area contributed by atoms with E-state index in [1.54, 1.807) is 25.2 Å². The Kier molecular flexibility index (Phi) is 5.56. The molecule has 0 saturated heterocycles. The highest BCUT2D eigenvalue weighted by atomic mass is 35.5. The quantitative estimate of drug-likeness (QED) is 0.828. The highest BCUT2D eigenvalue weighted by Crippen LogP contribution is 2.50. The summed E-state index contributed by atoms with van der Waals surface area (Å²) in [5.41, 5.74) is 6.14. The number of carbonyl (C=O) groups is 2. The second kappa shape index (κ2) is 7.06. The summed E-state index contributed by atoms with van der Waals surface area (Å²) in [5.74, 6) is 0.230. The van der Waals surface area contributed by atoms with E-state index >= 15 is 0 Å². The standard InChI is InChI=1S/C18H25N3O4.ClH/c1-5-24-14-9-18(19,17(14,2)3)16(23)20-11-6-7-13-12(8-11)21(4)15(22)10-25-13;/h6-8,14H,5,9-10,19H2,1-4H3,(H,20,23);1H. The van der Waals surface area contributed by atoms with Crippen LogP contribution in [0.2, 0.25) is 0 Å². The topological polar surface area (TPSA) is 93.9 Å². The van der Waals surface area contributed by atoms with Crippen LogP contribution in [0.3, 0.4) is 0 Å². The first-order valence-corrected chi connectivity index (χ1v) is 8.46. The SMILES string of the molecule is CCOC1CC(N)(C(=O)Nc2ccc3c(c2)N(C)C(=O)CO3)C1(C)C.Cl. The third kappa shape index (κ3) is 3.04. The minimum Gasteiger partial charge on any atom is -0.482 e. The molecule has 1 aliphatic heterocycles. The van der Waals surface area contributed by atoms with Crippen molar-refractivity contribution in [1.82, 2.24) is 0 Å². The highest BCUT2D eigenvalue weighted by Gasteiger charge is 2.62. The lowest BCUT2D eigenvalue weighted by Gasteiger charge is -2.57. The summed E-state index contributed by atoms with van der Waals surface area (Å²) in [6.07, 6.45) is 0.445. The van der Waals surface area contributed by atoms with Crippen LogP contribution in [-0.4, -0.2) is 43.7 Å². The molecule has 7 nitrogen and oxygen atoms in total. The van der Waals surface area contributed by atoms with Crippen molar-refractivity contribution in [3.05, 3.63) is 18.2 Å². The minimum absolute atomic E-state index is 0. The minimum atomic E-state index is -0.999. The summed E-state index contributed by atoms with van der Waals surface area (Å²) in [6, 6.07) is 5.21. The van der Waals surface area contributed by atoms with Crippen LogP contribution in [0, 0.1) is 5.41 Å². The van der Waals surface area contributed by atoms with E-state index in [0.717, 1.165) is 0 Å². The van der Waals surface area contributed by atoms with Crippen LogP contribution in [0.5, 0.6) is 5.75 Å². The molecule has 1 fully saturated rings. The summed E-state index contributed by atoms with van der Waals surface area (Å²) < 4.78 is 11.1. The van der Waals surface area contributed by atoms with Crippen molar-refractivity contribution >= 4 is 35.6 Å². The summed E-state index contributed by atoms with van der Waals surface area (Å²) in [6.45, 7) is 6.44. The van der Waals surface area contributed by atoms with Gasteiger partial charge in [-0.25, -0.2) is 0 Å². The van der Waals surface area contributed by atoms with Gasteiger partial charge in [-0.2, -0.15) is 0 Å². The monoisotopic (exact) mass is 383 g/mol. The van der Waals surface area contributed by atoms with Gasteiger partial charge in [-0.3, -0.25) is 9.59 Å². The number of anilines is 2. The lowest BCUT2D eigenvalue weighted by molar-refractivity contribution is -0.166. The largest absolute Gasteiger partial charge is 0.482 e. The number of nitrogens with one attached hydrogen (secondary N) is 1. The molecule has 1 aliphatic carbocycles. The van der Waals surface area contributed by atoms with Gasteiger partial charge in [0.1, 0.15) is 11.3 Å². The fourth-order valence-corrected chi connectivity index (χ4v) is 3.41. The van der Waals surface area contributed by atoms with Gasteiger partial charge in [0.2, 0.25) is 5.91 Å². The van der Waals surface area contributed by atoms with Gasteiger partial charge in [0.05, 0.1) is 11.8 Å². The maximum Gasteiger partial charge on any atom is 0.264 e. The highest BCUT2D eigenvalue weighted by molar-refractivity contribution is 6.02. The Morgan fingerprint density at radius 3 is 2.77 bits per heavy atom. The summed E-state index contributed by atoms with van der Waals surface area (Å²) in [7, 11) is 1.68. The molecule has 1 aromatic carbocycles. The molecule has 2 atom stereocenters. The van der Waals surface area contributed by atoms with E-state index < -0.39 is 11.0 Å². The number of rotatable bonds is 4. The summed E-state index contributed by atoms with van der Waals surface area (Å²) in [5, 5.41) is 2.88. The number of benzene rings is 1. The molecular formula is C18H26ClN3O4. The van der Waals surface area contributed by atoms with Gasteiger partial charge >= 0.3 is 0 Å².